The molecular weight excluding hydrogens is 549 g/mol. The van der Waals surface area contributed by atoms with Gasteiger partial charge in [0, 0.05) is 48.2 Å². The number of rotatable bonds is 7. The molecule has 1 aromatic carbocycles. The van der Waals surface area contributed by atoms with Gasteiger partial charge < -0.3 is 15.4 Å². The number of aromatic nitrogens is 5. The van der Waals surface area contributed by atoms with E-state index in [0.29, 0.717) is 64.5 Å². The maximum absolute atomic E-state index is 11.7. The monoisotopic (exact) mass is 575 g/mol. The number of hydrogen-bond acceptors (Lipinski definition) is 9. The molecule has 38 heavy (non-hydrogen) atoms. The summed E-state index contributed by atoms with van der Waals surface area (Å²) in [7, 11) is -3.15. The Bertz CT molecular complexity index is 1550. The van der Waals surface area contributed by atoms with E-state index in [4.69, 9.17) is 33.7 Å². The van der Waals surface area contributed by atoms with E-state index in [1.807, 2.05) is 37.3 Å². The van der Waals surface area contributed by atoms with Crippen LogP contribution in [0, 0.1) is 0 Å². The third kappa shape index (κ3) is 5.70. The number of anilines is 1. The van der Waals surface area contributed by atoms with Crippen molar-refractivity contribution in [3.05, 3.63) is 58.3 Å². The van der Waals surface area contributed by atoms with Crippen LogP contribution in [0.1, 0.15) is 31.4 Å². The van der Waals surface area contributed by atoms with Crippen LogP contribution in [0.5, 0.6) is 5.75 Å². The largest absolute Gasteiger partial charge is 0.486 e. The van der Waals surface area contributed by atoms with Crippen molar-refractivity contribution >= 4 is 49.8 Å². The summed E-state index contributed by atoms with van der Waals surface area (Å²) in [6.07, 6.45) is 5.01. The molecule has 3 N–H and O–H groups in total. The number of ether oxygens (including phenoxy) is 1. The number of pyridine rings is 1. The second-order valence-corrected chi connectivity index (χ2v) is 12.7. The van der Waals surface area contributed by atoms with Crippen LogP contribution in [0.4, 0.5) is 5.82 Å². The van der Waals surface area contributed by atoms with Crippen molar-refractivity contribution < 1.29 is 13.2 Å². The number of aromatic amines is 1. The Balaban J connectivity index is 1.32. The molecule has 0 radical (unpaired) electrons. The second-order valence-electron chi connectivity index (χ2n) is 9.75. The van der Waals surface area contributed by atoms with Crippen LogP contribution in [-0.2, 0) is 9.84 Å². The van der Waals surface area contributed by atoms with Gasteiger partial charge in [-0.3, -0.25) is 10.1 Å². The molecule has 0 amide bonds. The van der Waals surface area contributed by atoms with Crippen LogP contribution < -0.4 is 15.4 Å². The molecule has 0 spiro atoms. The summed E-state index contributed by atoms with van der Waals surface area (Å²) in [6.45, 7) is 3.08. The highest BCUT2D eigenvalue weighted by molar-refractivity contribution is 7.90. The first-order valence-electron chi connectivity index (χ1n) is 12.0. The highest BCUT2D eigenvalue weighted by Gasteiger charge is 2.34. The Labute approximate surface area is 230 Å². The minimum atomic E-state index is -3.15. The summed E-state index contributed by atoms with van der Waals surface area (Å²) in [5, 5.41) is 18.0. The van der Waals surface area contributed by atoms with Crippen LogP contribution in [0.25, 0.3) is 22.3 Å². The molecule has 10 nitrogen and oxygen atoms in total. The van der Waals surface area contributed by atoms with E-state index < -0.39 is 21.5 Å². The number of benzene rings is 1. The minimum absolute atomic E-state index is 0.0161. The van der Waals surface area contributed by atoms with Crippen LogP contribution in [0.3, 0.4) is 0 Å². The number of H-pyrrole nitrogens is 1. The van der Waals surface area contributed by atoms with Crippen LogP contribution in [-0.4, -0.2) is 64.4 Å². The van der Waals surface area contributed by atoms with Crippen LogP contribution in [0.15, 0.2) is 42.7 Å². The molecule has 0 aliphatic carbocycles. The molecule has 1 fully saturated rings. The van der Waals surface area contributed by atoms with Crippen molar-refractivity contribution in [1.82, 2.24) is 25.4 Å². The lowest BCUT2D eigenvalue weighted by atomic mass is 9.91. The fourth-order valence-electron chi connectivity index (χ4n) is 4.80. The van der Waals surface area contributed by atoms with E-state index in [9.17, 15) is 8.42 Å². The van der Waals surface area contributed by atoms with Crippen molar-refractivity contribution in [1.29, 1.82) is 0 Å². The van der Waals surface area contributed by atoms with E-state index >= 15 is 0 Å². The van der Waals surface area contributed by atoms with Gasteiger partial charge in [-0.25, -0.2) is 8.42 Å². The molecule has 200 valence electrons. The van der Waals surface area contributed by atoms with Crippen molar-refractivity contribution in [2.75, 3.05) is 30.0 Å². The normalized spacial score (nSPS) is 16.5. The van der Waals surface area contributed by atoms with Crippen LogP contribution >= 0.6 is 23.2 Å². The first-order valence-corrected chi connectivity index (χ1v) is 14.8. The minimum Gasteiger partial charge on any atom is -0.486 e. The number of piperidine rings is 1. The smallest absolute Gasteiger partial charge is 0.151 e. The Morgan fingerprint density at radius 2 is 1.84 bits per heavy atom. The maximum Gasteiger partial charge on any atom is 0.151 e. The van der Waals surface area contributed by atoms with Crippen molar-refractivity contribution in [2.24, 2.45) is 5.73 Å². The lowest BCUT2D eigenvalue weighted by Crippen LogP contribution is -2.54. The number of nitrogens with two attached hydrogens (primary N) is 1. The highest BCUT2D eigenvalue weighted by Crippen LogP contribution is 2.34. The summed E-state index contributed by atoms with van der Waals surface area (Å²) in [6, 6.07) is 9.37. The SMILES string of the molecule is C[C@@H](Oc1ccc2[nH]nc(-c3ccc(N4CCC(N)(CS(C)(=O)=O)CC4)nn3)c2c1)c1c(Cl)cncc1Cl. The van der Waals surface area contributed by atoms with Gasteiger partial charge in [0.2, 0.25) is 0 Å². The van der Waals surface area contributed by atoms with E-state index in [0.717, 1.165) is 10.9 Å². The Morgan fingerprint density at radius 1 is 1.13 bits per heavy atom. The fourth-order valence-corrected chi connectivity index (χ4v) is 6.81. The van der Waals surface area contributed by atoms with Gasteiger partial charge in [-0.05, 0) is 50.1 Å². The number of nitrogens with zero attached hydrogens (tertiary/aromatic N) is 5. The average Bonchev–Trinajstić information content (AvgIpc) is 3.26. The van der Waals surface area contributed by atoms with Crippen molar-refractivity contribution in [3.63, 3.8) is 0 Å². The molecule has 5 rings (SSSR count). The third-order valence-electron chi connectivity index (χ3n) is 6.67. The molecule has 3 aromatic heterocycles. The zero-order valence-corrected chi connectivity index (χ0v) is 23.2. The Kier molecular flexibility index (Phi) is 7.21. The topological polar surface area (TPSA) is 140 Å². The third-order valence-corrected chi connectivity index (χ3v) is 8.37. The lowest BCUT2D eigenvalue weighted by Gasteiger charge is -2.39. The maximum atomic E-state index is 11.7. The molecule has 1 saturated heterocycles. The summed E-state index contributed by atoms with van der Waals surface area (Å²) < 4.78 is 29.6. The quantitative estimate of drug-likeness (QED) is 0.331. The first kappa shape index (κ1) is 26.6. The Hall–Kier alpha value is -2.99. The number of nitrogens with one attached hydrogen (secondary N) is 1. The van der Waals surface area contributed by atoms with Crippen LogP contribution in [0.2, 0.25) is 10.0 Å². The molecule has 0 unspecified atom stereocenters. The van der Waals surface area contributed by atoms with Gasteiger partial charge in [0.05, 0.1) is 21.3 Å². The summed E-state index contributed by atoms with van der Waals surface area (Å²) >= 11 is 12.6. The summed E-state index contributed by atoms with van der Waals surface area (Å²) in [5.41, 5.74) is 8.36. The molecule has 1 aliphatic rings. The van der Waals surface area contributed by atoms with Gasteiger partial charge in [-0.15, -0.1) is 10.2 Å². The van der Waals surface area contributed by atoms with Crippen molar-refractivity contribution in [3.8, 4) is 17.1 Å². The van der Waals surface area contributed by atoms with Gasteiger partial charge >= 0.3 is 0 Å². The molecule has 4 heterocycles. The average molecular weight is 577 g/mol. The van der Waals surface area contributed by atoms with E-state index in [1.54, 1.807) is 0 Å². The van der Waals surface area contributed by atoms with Gasteiger partial charge in [-0.1, -0.05) is 23.2 Å². The number of fused-ring (bicyclic) bond motifs is 1. The Morgan fingerprint density at radius 3 is 2.47 bits per heavy atom. The predicted molar refractivity (Wildman–Crippen MR) is 148 cm³/mol. The first-order chi connectivity index (χ1) is 18.0. The number of halogens is 2. The lowest BCUT2D eigenvalue weighted by molar-refractivity contribution is 0.227. The highest BCUT2D eigenvalue weighted by atomic mass is 35.5. The summed E-state index contributed by atoms with van der Waals surface area (Å²) in [4.78, 5) is 6.06. The molecule has 1 aliphatic heterocycles. The van der Waals surface area contributed by atoms with Gasteiger partial charge in [0.15, 0.2) is 5.82 Å². The molecule has 13 heteroatoms. The van der Waals surface area contributed by atoms with E-state index in [-0.39, 0.29) is 5.75 Å². The molecular formula is C25H27Cl2N7O3S. The van der Waals surface area contributed by atoms with Gasteiger partial charge in [0.1, 0.15) is 33.1 Å². The van der Waals surface area contributed by atoms with Crippen molar-refractivity contribution in [2.45, 2.75) is 31.4 Å². The second kappa shape index (κ2) is 10.3. The predicted octanol–water partition coefficient (Wildman–Crippen LogP) is 4.20. The number of hydrogen-bond donors (Lipinski definition) is 2. The summed E-state index contributed by atoms with van der Waals surface area (Å²) in [5.74, 6) is 1.31. The van der Waals surface area contributed by atoms with Gasteiger partial charge in [-0.2, -0.15) is 5.10 Å². The van der Waals surface area contributed by atoms with E-state index in [2.05, 4.69) is 30.3 Å². The fraction of sp³-hybridized carbons (Fsp3) is 0.360. The number of sulfone groups is 1. The molecule has 1 atom stereocenters. The molecule has 4 aromatic rings. The van der Waals surface area contributed by atoms with E-state index in [1.165, 1.54) is 18.6 Å². The standard InChI is InChI=1S/C25H27Cl2N7O3S/c1-15(23-18(26)12-29-13-19(23)27)37-16-3-4-20-17(11-16)24(33-30-20)21-5-6-22(32-31-21)34-9-7-25(28,8-10-34)14-38(2,35)36/h3-6,11-13,15H,7-10,14,28H2,1-2H3,(H,30,33)/t15-/m1/s1. The zero-order valence-electron chi connectivity index (χ0n) is 20.9. The van der Waals surface area contributed by atoms with Gasteiger partial charge in [0.25, 0.3) is 0 Å². The molecule has 0 bridgehead atoms. The molecule has 0 saturated carbocycles. The zero-order chi connectivity index (χ0) is 27.1.